The Hall–Kier alpha value is -3.10. The first-order valence-electron chi connectivity index (χ1n) is 13.9. The molecule has 3 heterocycles. The van der Waals surface area contributed by atoms with Crippen LogP contribution >= 0.6 is 63.7 Å². The summed E-state index contributed by atoms with van der Waals surface area (Å²) in [5.74, 6) is 0. The van der Waals surface area contributed by atoms with Crippen LogP contribution in [-0.2, 0) is 6.42 Å². The molecule has 8 aromatic rings. The van der Waals surface area contributed by atoms with E-state index in [0.29, 0.717) is 4.83 Å². The second-order valence-electron chi connectivity index (χ2n) is 11.1. The Balaban J connectivity index is 1.29. The molecule has 0 spiro atoms. The van der Waals surface area contributed by atoms with Crippen molar-refractivity contribution in [3.63, 3.8) is 0 Å². The second kappa shape index (κ2) is 9.70. The number of hydrogen-bond acceptors (Lipinski definition) is 1. The van der Waals surface area contributed by atoms with Gasteiger partial charge in [-0.15, -0.1) is 0 Å². The van der Waals surface area contributed by atoms with Gasteiger partial charge < -0.3 is 13.6 Å². The summed E-state index contributed by atoms with van der Waals surface area (Å²) < 4.78 is 14.3. The van der Waals surface area contributed by atoms with E-state index in [9.17, 15) is 0 Å². The van der Waals surface area contributed by atoms with Gasteiger partial charge in [0.15, 0.2) is 0 Å². The Kier molecular flexibility index (Phi) is 5.94. The molecular formula is C36H20Br4N2O. The van der Waals surface area contributed by atoms with Crippen molar-refractivity contribution < 1.29 is 4.42 Å². The molecule has 0 saturated carbocycles. The minimum Gasteiger partial charge on any atom is -0.456 e. The number of alkyl halides is 1. The highest BCUT2D eigenvalue weighted by Gasteiger charge is 2.23. The van der Waals surface area contributed by atoms with Crippen LogP contribution in [0.3, 0.4) is 0 Å². The summed E-state index contributed by atoms with van der Waals surface area (Å²) in [6.45, 7) is 0. The van der Waals surface area contributed by atoms with E-state index in [1.165, 1.54) is 32.9 Å². The highest BCUT2D eigenvalue weighted by molar-refractivity contribution is 9.11. The summed E-state index contributed by atoms with van der Waals surface area (Å²) in [5.41, 5.74) is 10.1. The van der Waals surface area contributed by atoms with E-state index in [-0.39, 0.29) is 0 Å². The predicted molar refractivity (Wildman–Crippen MR) is 193 cm³/mol. The molecule has 208 valence electrons. The van der Waals surface area contributed by atoms with Gasteiger partial charge in [-0.3, -0.25) is 0 Å². The van der Waals surface area contributed by atoms with Gasteiger partial charge in [-0.05, 0) is 109 Å². The number of aromatic nitrogens is 2. The number of halogens is 4. The second-order valence-corrected chi connectivity index (χ2v) is 15.0. The summed E-state index contributed by atoms with van der Waals surface area (Å²) in [6.07, 6.45) is 5.45. The van der Waals surface area contributed by atoms with Gasteiger partial charge >= 0.3 is 0 Å². The minimum absolute atomic E-state index is 0.333. The lowest BCUT2D eigenvalue weighted by Crippen LogP contribution is -2.06. The standard InChI is InChI=1S/C36H20Br4N2O/c37-19-1-7-31-25(13-19)26-14-20(38)2-8-32(26)41(31)23-5-11-35-29(17-23)30-18-24(6-12-36(30)43-35)42-33-9-3-21(39)15-27(33)28-16-22(40)4-10-34(28)42/h1-15,17-18,22H,16H2. The van der Waals surface area contributed by atoms with Crippen molar-refractivity contribution in [2.24, 2.45) is 0 Å². The van der Waals surface area contributed by atoms with E-state index < -0.39 is 0 Å². The number of allylic oxidation sites excluding steroid dienone is 1. The number of benzene rings is 5. The maximum atomic E-state index is 6.38. The van der Waals surface area contributed by atoms with Gasteiger partial charge in [-0.25, -0.2) is 0 Å². The van der Waals surface area contributed by atoms with Crippen LogP contribution in [0.5, 0.6) is 0 Å². The van der Waals surface area contributed by atoms with E-state index in [0.717, 1.165) is 64.2 Å². The zero-order chi connectivity index (χ0) is 29.0. The quantitative estimate of drug-likeness (QED) is 0.159. The summed E-state index contributed by atoms with van der Waals surface area (Å²) in [4.78, 5) is 0.333. The first-order valence-corrected chi connectivity index (χ1v) is 17.2. The first kappa shape index (κ1) is 26.3. The van der Waals surface area contributed by atoms with Gasteiger partial charge in [0, 0.05) is 62.2 Å². The maximum Gasteiger partial charge on any atom is 0.135 e. The van der Waals surface area contributed by atoms with Gasteiger partial charge in [0.25, 0.3) is 0 Å². The molecule has 3 nitrogen and oxygen atoms in total. The number of furan rings is 1. The smallest absolute Gasteiger partial charge is 0.135 e. The van der Waals surface area contributed by atoms with Crippen molar-refractivity contribution in [2.75, 3.05) is 0 Å². The molecule has 3 aromatic heterocycles. The van der Waals surface area contributed by atoms with Crippen LogP contribution in [0.4, 0.5) is 0 Å². The Morgan fingerprint density at radius 3 is 1.65 bits per heavy atom. The zero-order valence-electron chi connectivity index (χ0n) is 22.4. The number of fused-ring (bicyclic) bond motifs is 9. The van der Waals surface area contributed by atoms with Gasteiger partial charge in [0.05, 0.1) is 16.6 Å². The molecule has 5 aromatic carbocycles. The van der Waals surface area contributed by atoms with E-state index >= 15 is 0 Å². The SMILES string of the molecule is Brc1ccc2c(c1)c1c(n2-c2ccc3oc4ccc(-n5c6ccc(Br)cc6c6cc(Br)ccc65)cc4c3c2)C=CC(Br)C1. The van der Waals surface area contributed by atoms with Crippen molar-refractivity contribution in [1.82, 2.24) is 9.13 Å². The Labute approximate surface area is 280 Å². The van der Waals surface area contributed by atoms with Crippen molar-refractivity contribution in [3.05, 3.63) is 122 Å². The van der Waals surface area contributed by atoms with Crippen molar-refractivity contribution >= 4 is 124 Å². The maximum absolute atomic E-state index is 6.38. The molecule has 9 rings (SSSR count). The Bertz CT molecular complexity index is 2440. The Morgan fingerprint density at radius 1 is 0.558 bits per heavy atom. The van der Waals surface area contributed by atoms with Crippen LogP contribution in [0.2, 0.25) is 0 Å². The van der Waals surface area contributed by atoms with Crippen LogP contribution in [0.25, 0.3) is 72.1 Å². The van der Waals surface area contributed by atoms with Crippen LogP contribution < -0.4 is 0 Å². The topological polar surface area (TPSA) is 23.0 Å². The van der Waals surface area contributed by atoms with E-state index in [2.05, 4.69) is 176 Å². The summed E-state index contributed by atoms with van der Waals surface area (Å²) >= 11 is 14.9. The molecule has 0 radical (unpaired) electrons. The molecule has 7 heteroatoms. The third-order valence-electron chi connectivity index (χ3n) is 8.58. The lowest BCUT2D eigenvalue weighted by atomic mass is 10.0. The molecule has 1 aliphatic rings. The van der Waals surface area contributed by atoms with Gasteiger partial charge in [0.2, 0.25) is 0 Å². The van der Waals surface area contributed by atoms with E-state index in [4.69, 9.17) is 4.42 Å². The average Bonchev–Trinajstić information content (AvgIpc) is 3.63. The van der Waals surface area contributed by atoms with Crippen LogP contribution in [0, 0.1) is 0 Å². The average molecular weight is 816 g/mol. The van der Waals surface area contributed by atoms with Crippen molar-refractivity contribution in [2.45, 2.75) is 11.2 Å². The normalized spacial score (nSPS) is 15.0. The zero-order valence-corrected chi connectivity index (χ0v) is 28.8. The van der Waals surface area contributed by atoms with Crippen LogP contribution in [0.15, 0.2) is 115 Å². The number of hydrogen-bond donors (Lipinski definition) is 0. The first-order chi connectivity index (χ1) is 20.9. The molecule has 43 heavy (non-hydrogen) atoms. The molecule has 0 aliphatic heterocycles. The summed E-state index contributed by atoms with van der Waals surface area (Å²) in [5, 5.41) is 5.90. The molecule has 1 aliphatic carbocycles. The monoisotopic (exact) mass is 812 g/mol. The fourth-order valence-corrected chi connectivity index (χ4v) is 8.31. The largest absolute Gasteiger partial charge is 0.456 e. The van der Waals surface area contributed by atoms with Gasteiger partial charge in [-0.2, -0.15) is 0 Å². The fourth-order valence-electron chi connectivity index (χ4n) is 6.75. The predicted octanol–water partition coefficient (Wildman–Crippen LogP) is 12.2. The number of rotatable bonds is 2. The highest BCUT2D eigenvalue weighted by atomic mass is 79.9. The molecule has 0 fully saturated rings. The van der Waals surface area contributed by atoms with Crippen LogP contribution in [-0.4, -0.2) is 14.0 Å². The minimum atomic E-state index is 0.333. The summed E-state index contributed by atoms with van der Waals surface area (Å²) in [7, 11) is 0. The lowest BCUT2D eigenvalue weighted by molar-refractivity contribution is 0.669. The number of nitrogens with zero attached hydrogens (tertiary/aromatic N) is 2. The molecule has 0 bridgehead atoms. The molecule has 0 N–H and O–H groups in total. The van der Waals surface area contributed by atoms with E-state index in [1.807, 2.05) is 0 Å². The highest BCUT2D eigenvalue weighted by Crippen LogP contribution is 2.40. The third-order valence-corrected chi connectivity index (χ3v) is 10.7. The molecule has 0 saturated heterocycles. The van der Waals surface area contributed by atoms with Crippen LogP contribution in [0.1, 0.15) is 11.3 Å². The van der Waals surface area contributed by atoms with E-state index in [1.54, 1.807) is 0 Å². The molecule has 1 atom stereocenters. The fraction of sp³-hybridized carbons (Fsp3) is 0.0556. The Morgan fingerprint density at radius 2 is 1.07 bits per heavy atom. The van der Waals surface area contributed by atoms with Gasteiger partial charge in [-0.1, -0.05) is 69.8 Å². The third kappa shape index (κ3) is 4.01. The summed E-state index contributed by atoms with van der Waals surface area (Å²) in [6, 6.07) is 32.7. The molecular weight excluding hydrogens is 796 g/mol. The van der Waals surface area contributed by atoms with Crippen molar-refractivity contribution in [3.8, 4) is 11.4 Å². The lowest BCUT2D eigenvalue weighted by Gasteiger charge is -2.14. The molecule has 1 unspecified atom stereocenters. The van der Waals surface area contributed by atoms with Crippen molar-refractivity contribution in [1.29, 1.82) is 0 Å². The van der Waals surface area contributed by atoms with Gasteiger partial charge in [0.1, 0.15) is 11.2 Å². The molecule has 0 amide bonds.